The highest BCUT2D eigenvalue weighted by Gasteiger charge is 2.25. The molecule has 0 atom stereocenters. The molecular weight excluding hydrogens is 306 g/mol. The van der Waals surface area contributed by atoms with E-state index in [4.69, 9.17) is 0 Å². The van der Waals surface area contributed by atoms with Gasteiger partial charge >= 0.3 is 5.69 Å². The first-order valence-corrected chi connectivity index (χ1v) is 7.30. The van der Waals surface area contributed by atoms with E-state index in [0.29, 0.717) is 11.4 Å². The second-order valence-electron chi connectivity index (χ2n) is 5.07. The molecule has 0 unspecified atom stereocenters. The predicted octanol–water partition coefficient (Wildman–Crippen LogP) is 3.53. The SMILES string of the molecule is Cc1nn(-c2ccccc2)c(N/N=C/c2ccccc2)c1[N+](=O)[O-]. The Kier molecular flexibility index (Phi) is 4.33. The quantitative estimate of drug-likeness (QED) is 0.442. The Labute approximate surface area is 138 Å². The summed E-state index contributed by atoms with van der Waals surface area (Å²) in [7, 11) is 0. The summed E-state index contributed by atoms with van der Waals surface area (Å²) in [5.74, 6) is 0.218. The number of nitrogens with zero attached hydrogens (tertiary/aromatic N) is 4. The second-order valence-corrected chi connectivity index (χ2v) is 5.07. The van der Waals surface area contributed by atoms with Crippen LogP contribution in [0.25, 0.3) is 5.69 Å². The number of aryl methyl sites for hydroxylation is 1. The van der Waals surface area contributed by atoms with Crippen molar-refractivity contribution in [1.82, 2.24) is 9.78 Å². The van der Waals surface area contributed by atoms with Crippen molar-refractivity contribution in [2.75, 3.05) is 5.43 Å². The molecule has 1 aromatic heterocycles. The molecule has 0 amide bonds. The van der Waals surface area contributed by atoms with Crippen molar-refractivity contribution in [2.24, 2.45) is 5.10 Å². The molecule has 2 aromatic carbocycles. The highest BCUT2D eigenvalue weighted by Crippen LogP contribution is 2.30. The molecule has 0 spiro atoms. The highest BCUT2D eigenvalue weighted by molar-refractivity contribution is 5.80. The van der Waals surface area contributed by atoms with Gasteiger partial charge in [-0.15, -0.1) is 0 Å². The third-order valence-electron chi connectivity index (χ3n) is 3.40. The van der Waals surface area contributed by atoms with Gasteiger partial charge in [0.25, 0.3) is 0 Å². The number of aromatic nitrogens is 2. The lowest BCUT2D eigenvalue weighted by molar-refractivity contribution is -0.384. The van der Waals surface area contributed by atoms with Crippen molar-refractivity contribution in [3.63, 3.8) is 0 Å². The van der Waals surface area contributed by atoms with Crippen molar-refractivity contribution in [3.8, 4) is 5.69 Å². The zero-order valence-corrected chi connectivity index (χ0v) is 13.0. The van der Waals surface area contributed by atoms with E-state index in [9.17, 15) is 10.1 Å². The van der Waals surface area contributed by atoms with E-state index in [1.807, 2.05) is 60.7 Å². The molecule has 120 valence electrons. The Balaban J connectivity index is 1.98. The van der Waals surface area contributed by atoms with Crippen LogP contribution in [0.3, 0.4) is 0 Å². The molecule has 0 aliphatic carbocycles. The van der Waals surface area contributed by atoms with Gasteiger partial charge in [0.2, 0.25) is 5.82 Å². The fraction of sp³-hybridized carbons (Fsp3) is 0.0588. The Morgan fingerprint density at radius 2 is 1.75 bits per heavy atom. The van der Waals surface area contributed by atoms with Gasteiger partial charge in [0.15, 0.2) is 0 Å². The number of nitrogens with one attached hydrogen (secondary N) is 1. The zero-order valence-electron chi connectivity index (χ0n) is 13.0. The van der Waals surface area contributed by atoms with E-state index >= 15 is 0 Å². The van der Waals surface area contributed by atoms with Crippen LogP contribution in [0.4, 0.5) is 11.5 Å². The standard InChI is InChI=1S/C17H15N5O2/c1-13-16(22(23)24)17(19-18-12-14-8-4-2-5-9-14)21(20-13)15-10-6-3-7-11-15/h2-12,19H,1H3/b18-12+. The van der Waals surface area contributed by atoms with Gasteiger partial charge in [0, 0.05) is 0 Å². The number of hydrogen-bond acceptors (Lipinski definition) is 5. The van der Waals surface area contributed by atoms with Gasteiger partial charge in [-0.25, -0.2) is 4.68 Å². The summed E-state index contributed by atoms with van der Waals surface area (Å²) < 4.78 is 1.48. The van der Waals surface area contributed by atoms with Gasteiger partial charge in [-0.1, -0.05) is 48.5 Å². The van der Waals surface area contributed by atoms with Crippen LogP contribution in [0.15, 0.2) is 65.8 Å². The minimum atomic E-state index is -0.456. The molecule has 7 heteroatoms. The van der Waals surface area contributed by atoms with E-state index in [2.05, 4.69) is 15.6 Å². The number of rotatable bonds is 5. The van der Waals surface area contributed by atoms with Crippen LogP contribution >= 0.6 is 0 Å². The lowest BCUT2D eigenvalue weighted by atomic mass is 10.2. The summed E-state index contributed by atoms with van der Waals surface area (Å²) in [5.41, 5.74) is 4.58. The van der Waals surface area contributed by atoms with Crippen molar-refractivity contribution in [1.29, 1.82) is 0 Å². The Bertz CT molecular complexity index is 873. The summed E-state index contributed by atoms with van der Waals surface area (Å²) in [5, 5.41) is 19.8. The van der Waals surface area contributed by atoms with Gasteiger partial charge in [-0.3, -0.25) is 15.5 Å². The van der Waals surface area contributed by atoms with Crippen molar-refractivity contribution in [3.05, 3.63) is 82.0 Å². The zero-order chi connectivity index (χ0) is 16.9. The molecule has 0 saturated heterocycles. The lowest BCUT2D eigenvalue weighted by Crippen LogP contribution is -2.03. The first kappa shape index (κ1) is 15.4. The van der Waals surface area contributed by atoms with Crippen LogP contribution in [-0.4, -0.2) is 20.9 Å². The second kappa shape index (κ2) is 6.74. The maximum absolute atomic E-state index is 11.4. The fourth-order valence-corrected chi connectivity index (χ4v) is 2.30. The summed E-state index contributed by atoms with van der Waals surface area (Å²) in [4.78, 5) is 10.9. The van der Waals surface area contributed by atoms with Crippen LogP contribution in [0, 0.1) is 17.0 Å². The summed E-state index contributed by atoms with van der Waals surface area (Å²) in [6, 6.07) is 18.7. The number of nitro groups is 1. The van der Waals surface area contributed by atoms with E-state index in [1.54, 1.807) is 13.1 Å². The van der Waals surface area contributed by atoms with Crippen LogP contribution < -0.4 is 5.43 Å². The van der Waals surface area contributed by atoms with Crippen molar-refractivity contribution in [2.45, 2.75) is 6.92 Å². The predicted molar refractivity (Wildman–Crippen MR) is 92.6 cm³/mol. The number of hydrogen-bond donors (Lipinski definition) is 1. The van der Waals surface area contributed by atoms with Crippen molar-refractivity contribution >= 4 is 17.7 Å². The van der Waals surface area contributed by atoms with Crippen molar-refractivity contribution < 1.29 is 4.92 Å². The molecule has 3 aromatic rings. The fourth-order valence-electron chi connectivity index (χ4n) is 2.30. The first-order chi connectivity index (χ1) is 11.7. The van der Waals surface area contributed by atoms with E-state index < -0.39 is 4.92 Å². The smallest absolute Gasteiger partial charge is 0.258 e. The normalized spacial score (nSPS) is 10.9. The molecule has 24 heavy (non-hydrogen) atoms. The van der Waals surface area contributed by atoms with Gasteiger partial charge in [-0.2, -0.15) is 10.2 Å². The van der Waals surface area contributed by atoms with Crippen LogP contribution in [-0.2, 0) is 0 Å². The van der Waals surface area contributed by atoms with Gasteiger partial charge < -0.3 is 0 Å². The average molecular weight is 321 g/mol. The van der Waals surface area contributed by atoms with Gasteiger partial charge in [0.1, 0.15) is 5.69 Å². The molecule has 0 radical (unpaired) electrons. The summed E-state index contributed by atoms with van der Waals surface area (Å²) >= 11 is 0. The number of para-hydroxylation sites is 1. The minimum Gasteiger partial charge on any atom is -0.258 e. The Hall–Kier alpha value is -3.48. The molecule has 0 aliphatic rings. The van der Waals surface area contributed by atoms with E-state index in [-0.39, 0.29) is 11.5 Å². The molecule has 0 bridgehead atoms. The third-order valence-corrected chi connectivity index (χ3v) is 3.40. The highest BCUT2D eigenvalue weighted by atomic mass is 16.6. The number of benzene rings is 2. The third kappa shape index (κ3) is 3.14. The molecule has 0 saturated carbocycles. The maximum atomic E-state index is 11.4. The number of hydrazone groups is 1. The van der Waals surface area contributed by atoms with Gasteiger partial charge in [0.05, 0.1) is 16.8 Å². The van der Waals surface area contributed by atoms with E-state index in [0.717, 1.165) is 5.56 Å². The lowest BCUT2D eigenvalue weighted by Gasteiger charge is -2.05. The molecular formula is C17H15N5O2. The minimum absolute atomic E-state index is 0.0935. The summed E-state index contributed by atoms with van der Waals surface area (Å²) in [6.45, 7) is 1.60. The van der Waals surface area contributed by atoms with Crippen LogP contribution in [0.1, 0.15) is 11.3 Å². The Morgan fingerprint density at radius 3 is 2.38 bits per heavy atom. The molecule has 1 N–H and O–H groups in total. The number of anilines is 1. The van der Waals surface area contributed by atoms with Crippen LogP contribution in [0.2, 0.25) is 0 Å². The van der Waals surface area contributed by atoms with Gasteiger partial charge in [-0.05, 0) is 24.6 Å². The molecule has 7 nitrogen and oxygen atoms in total. The topological polar surface area (TPSA) is 85.3 Å². The summed E-state index contributed by atoms with van der Waals surface area (Å²) in [6.07, 6.45) is 1.60. The average Bonchev–Trinajstić information content (AvgIpc) is 2.93. The molecule has 1 heterocycles. The maximum Gasteiger partial charge on any atom is 0.335 e. The van der Waals surface area contributed by atoms with E-state index in [1.165, 1.54) is 4.68 Å². The van der Waals surface area contributed by atoms with Crippen LogP contribution in [0.5, 0.6) is 0 Å². The first-order valence-electron chi connectivity index (χ1n) is 7.30. The molecule has 0 aliphatic heterocycles. The Morgan fingerprint density at radius 1 is 1.12 bits per heavy atom. The molecule has 3 rings (SSSR count). The largest absolute Gasteiger partial charge is 0.335 e. The monoisotopic (exact) mass is 321 g/mol. The molecule has 0 fully saturated rings.